The van der Waals surface area contributed by atoms with Crippen molar-refractivity contribution in [2.45, 2.75) is 0 Å². The maximum absolute atomic E-state index is 9.64. The van der Waals surface area contributed by atoms with Crippen LogP contribution in [0, 0.1) is 0 Å². The highest BCUT2D eigenvalue weighted by atomic mass is 32.1. The van der Waals surface area contributed by atoms with Crippen molar-refractivity contribution in [1.82, 2.24) is 4.90 Å². The van der Waals surface area contributed by atoms with Gasteiger partial charge in [-0.2, -0.15) is 0 Å². The first kappa shape index (κ1) is 18.1. The van der Waals surface area contributed by atoms with Crippen molar-refractivity contribution < 1.29 is 14.6 Å². The Morgan fingerprint density at radius 3 is 2.38 bits per heavy atom. The number of benzene rings is 2. The van der Waals surface area contributed by atoms with Gasteiger partial charge in [0.2, 0.25) is 0 Å². The van der Waals surface area contributed by atoms with Crippen molar-refractivity contribution in [2.75, 3.05) is 50.6 Å². The summed E-state index contributed by atoms with van der Waals surface area (Å²) in [5.41, 5.74) is 1.89. The number of hydrogen-bond donors (Lipinski definition) is 2. The normalized spacial score (nSPS) is 14.1. The predicted molar refractivity (Wildman–Crippen MR) is 108 cm³/mol. The number of rotatable bonds is 4. The Labute approximate surface area is 158 Å². The zero-order valence-electron chi connectivity index (χ0n) is 14.9. The molecule has 0 aromatic heterocycles. The number of hydrogen-bond acceptors (Lipinski definition) is 5. The van der Waals surface area contributed by atoms with Crippen LogP contribution >= 0.6 is 12.2 Å². The van der Waals surface area contributed by atoms with Crippen LogP contribution in [0.5, 0.6) is 17.2 Å². The van der Waals surface area contributed by atoms with Crippen LogP contribution in [0.25, 0.3) is 0 Å². The standard InChI is InChI=1S/C19H23N3O3S/c1-24-17-7-6-14(12-18(17)25-2)20-19(26)22-10-8-21(9-11-22)15-4-3-5-16(23)13-15/h3-7,12-13,23H,8-11H2,1-2H3,(H,20,26). The Morgan fingerprint density at radius 2 is 1.73 bits per heavy atom. The first-order valence-corrected chi connectivity index (χ1v) is 8.83. The summed E-state index contributed by atoms with van der Waals surface area (Å²) in [6.07, 6.45) is 0. The van der Waals surface area contributed by atoms with E-state index in [0.717, 1.165) is 37.6 Å². The van der Waals surface area contributed by atoms with Crippen molar-refractivity contribution >= 4 is 28.7 Å². The molecule has 1 fully saturated rings. The molecule has 1 saturated heterocycles. The minimum Gasteiger partial charge on any atom is -0.508 e. The Balaban J connectivity index is 1.58. The largest absolute Gasteiger partial charge is 0.508 e. The van der Waals surface area contributed by atoms with Gasteiger partial charge in [-0.15, -0.1) is 0 Å². The van der Waals surface area contributed by atoms with Gasteiger partial charge in [-0.25, -0.2) is 0 Å². The number of phenolic OH excluding ortho intramolecular Hbond substituents is 1. The molecule has 1 heterocycles. The second kappa shape index (κ2) is 8.14. The van der Waals surface area contributed by atoms with Crippen LogP contribution in [-0.4, -0.2) is 55.5 Å². The molecule has 0 saturated carbocycles. The number of phenols is 1. The molecule has 7 heteroatoms. The predicted octanol–water partition coefficient (Wildman–Crippen LogP) is 2.93. The van der Waals surface area contributed by atoms with Crippen molar-refractivity contribution in [3.05, 3.63) is 42.5 Å². The van der Waals surface area contributed by atoms with Gasteiger partial charge in [0, 0.05) is 49.7 Å². The van der Waals surface area contributed by atoms with E-state index < -0.39 is 0 Å². The van der Waals surface area contributed by atoms with Gasteiger partial charge in [0.25, 0.3) is 0 Å². The van der Waals surface area contributed by atoms with E-state index in [1.165, 1.54) is 0 Å². The van der Waals surface area contributed by atoms with Gasteiger partial charge in [-0.1, -0.05) is 6.07 Å². The van der Waals surface area contributed by atoms with Crippen LogP contribution in [0.15, 0.2) is 42.5 Å². The third-order valence-corrected chi connectivity index (χ3v) is 4.76. The summed E-state index contributed by atoms with van der Waals surface area (Å²) >= 11 is 5.56. The van der Waals surface area contributed by atoms with Gasteiger partial charge in [0.05, 0.1) is 14.2 Å². The summed E-state index contributed by atoms with van der Waals surface area (Å²) in [6.45, 7) is 3.32. The van der Waals surface area contributed by atoms with E-state index in [1.54, 1.807) is 26.4 Å². The third kappa shape index (κ3) is 4.11. The number of thiocarbonyl (C=S) groups is 1. The molecule has 3 rings (SSSR count). The van der Waals surface area contributed by atoms with Gasteiger partial charge >= 0.3 is 0 Å². The molecule has 1 aliphatic rings. The first-order valence-electron chi connectivity index (χ1n) is 8.42. The Bertz CT molecular complexity index is 776. The molecule has 2 N–H and O–H groups in total. The summed E-state index contributed by atoms with van der Waals surface area (Å²) < 4.78 is 10.6. The Morgan fingerprint density at radius 1 is 1.00 bits per heavy atom. The second-order valence-corrected chi connectivity index (χ2v) is 6.38. The molecule has 0 spiro atoms. The lowest BCUT2D eigenvalue weighted by molar-refractivity contribution is 0.355. The maximum atomic E-state index is 9.64. The highest BCUT2D eigenvalue weighted by Gasteiger charge is 2.19. The number of piperazine rings is 1. The summed E-state index contributed by atoms with van der Waals surface area (Å²) in [4.78, 5) is 4.39. The van der Waals surface area contributed by atoms with E-state index in [-0.39, 0.29) is 5.75 Å². The number of nitrogens with zero attached hydrogens (tertiary/aromatic N) is 2. The van der Waals surface area contributed by atoms with Gasteiger partial charge < -0.3 is 29.7 Å². The monoisotopic (exact) mass is 373 g/mol. The minimum absolute atomic E-state index is 0.288. The maximum Gasteiger partial charge on any atom is 0.173 e. The second-order valence-electron chi connectivity index (χ2n) is 5.99. The summed E-state index contributed by atoms with van der Waals surface area (Å²) in [5, 5.41) is 13.6. The van der Waals surface area contributed by atoms with Crippen molar-refractivity contribution in [3.63, 3.8) is 0 Å². The Hall–Kier alpha value is -2.67. The third-order valence-electron chi connectivity index (χ3n) is 4.40. The molecule has 0 atom stereocenters. The van der Waals surface area contributed by atoms with Crippen LogP contribution in [0.2, 0.25) is 0 Å². The summed E-state index contributed by atoms with van der Waals surface area (Å²) in [5.74, 6) is 1.63. The highest BCUT2D eigenvalue weighted by molar-refractivity contribution is 7.80. The highest BCUT2D eigenvalue weighted by Crippen LogP contribution is 2.30. The molecule has 1 aliphatic heterocycles. The van der Waals surface area contributed by atoms with Crippen LogP contribution in [0.3, 0.4) is 0 Å². The average Bonchev–Trinajstić information content (AvgIpc) is 2.68. The van der Waals surface area contributed by atoms with Crippen LogP contribution < -0.4 is 19.7 Å². The lowest BCUT2D eigenvalue weighted by Gasteiger charge is -2.37. The van der Waals surface area contributed by atoms with Crippen LogP contribution in [0.1, 0.15) is 0 Å². The van der Waals surface area contributed by atoms with E-state index in [9.17, 15) is 5.11 Å². The molecule has 2 aromatic carbocycles. The summed E-state index contributed by atoms with van der Waals surface area (Å²) in [6, 6.07) is 13.0. The molecular weight excluding hydrogens is 350 g/mol. The van der Waals surface area contributed by atoms with Crippen molar-refractivity contribution in [1.29, 1.82) is 0 Å². The zero-order valence-corrected chi connectivity index (χ0v) is 15.8. The van der Waals surface area contributed by atoms with Crippen molar-refractivity contribution in [2.24, 2.45) is 0 Å². The first-order chi connectivity index (χ1) is 12.6. The molecular formula is C19H23N3O3S. The molecule has 0 radical (unpaired) electrons. The van der Waals surface area contributed by atoms with E-state index in [1.807, 2.05) is 30.3 Å². The molecule has 6 nitrogen and oxygen atoms in total. The average molecular weight is 373 g/mol. The number of ether oxygens (including phenoxy) is 2. The fourth-order valence-electron chi connectivity index (χ4n) is 2.97. The fourth-order valence-corrected chi connectivity index (χ4v) is 3.27. The molecule has 0 unspecified atom stereocenters. The molecule has 138 valence electrons. The number of nitrogens with one attached hydrogen (secondary N) is 1. The Kier molecular flexibility index (Phi) is 5.68. The molecule has 0 bridgehead atoms. The molecule has 26 heavy (non-hydrogen) atoms. The van der Waals surface area contributed by atoms with E-state index in [2.05, 4.69) is 15.1 Å². The molecule has 0 amide bonds. The number of methoxy groups -OCH3 is 2. The topological polar surface area (TPSA) is 57.2 Å². The molecule has 2 aromatic rings. The lowest BCUT2D eigenvalue weighted by atomic mass is 10.2. The van der Waals surface area contributed by atoms with E-state index in [0.29, 0.717) is 16.6 Å². The smallest absolute Gasteiger partial charge is 0.173 e. The fraction of sp³-hybridized carbons (Fsp3) is 0.316. The van der Waals surface area contributed by atoms with Gasteiger partial charge in [0.1, 0.15) is 5.75 Å². The van der Waals surface area contributed by atoms with Gasteiger partial charge in [-0.3, -0.25) is 0 Å². The van der Waals surface area contributed by atoms with Crippen LogP contribution in [-0.2, 0) is 0 Å². The lowest BCUT2D eigenvalue weighted by Crippen LogP contribution is -2.50. The zero-order chi connectivity index (χ0) is 18.5. The number of anilines is 2. The van der Waals surface area contributed by atoms with Crippen LogP contribution in [0.4, 0.5) is 11.4 Å². The quantitative estimate of drug-likeness (QED) is 0.799. The van der Waals surface area contributed by atoms with Crippen molar-refractivity contribution in [3.8, 4) is 17.2 Å². The van der Waals surface area contributed by atoms with E-state index >= 15 is 0 Å². The minimum atomic E-state index is 0.288. The van der Waals surface area contributed by atoms with E-state index in [4.69, 9.17) is 21.7 Å². The molecule has 0 aliphatic carbocycles. The summed E-state index contributed by atoms with van der Waals surface area (Å²) in [7, 11) is 3.22. The van der Waals surface area contributed by atoms with Gasteiger partial charge in [0.15, 0.2) is 16.6 Å². The van der Waals surface area contributed by atoms with Gasteiger partial charge in [-0.05, 0) is 36.5 Å². The SMILES string of the molecule is COc1ccc(NC(=S)N2CCN(c3cccc(O)c3)CC2)cc1OC. The number of aromatic hydroxyl groups is 1.